The molecule has 1 aromatic rings. The van der Waals surface area contributed by atoms with E-state index in [0.717, 1.165) is 25.3 Å². The van der Waals surface area contributed by atoms with Crippen molar-refractivity contribution in [3.8, 4) is 0 Å². The fraction of sp³-hybridized carbons (Fsp3) is 0.692. The Morgan fingerprint density at radius 2 is 1.81 bits per heavy atom. The van der Waals surface area contributed by atoms with Gasteiger partial charge in [0.1, 0.15) is 17.3 Å². The first kappa shape index (κ1) is 27.2. The van der Waals surface area contributed by atoms with Crippen molar-refractivity contribution < 1.29 is 32.6 Å². The van der Waals surface area contributed by atoms with Gasteiger partial charge in [0.25, 0.3) is 0 Å². The van der Waals surface area contributed by atoms with E-state index in [1.807, 2.05) is 0 Å². The third-order valence-corrected chi connectivity index (χ3v) is 8.49. The molecular formula is C26H34ClF3N2O4. The summed E-state index contributed by atoms with van der Waals surface area (Å²) >= 11 is 5.91. The normalized spacial score (nSPS) is 33.7. The highest BCUT2D eigenvalue weighted by Crippen LogP contribution is 2.63. The molecule has 4 aliphatic rings. The molecule has 10 heteroatoms. The van der Waals surface area contributed by atoms with Crippen molar-refractivity contribution in [2.24, 2.45) is 11.3 Å². The lowest BCUT2D eigenvalue weighted by Crippen LogP contribution is -2.42. The first-order valence-electron chi connectivity index (χ1n) is 12.7. The maximum Gasteiger partial charge on any atom is 0.223 e. The fourth-order valence-electron chi connectivity index (χ4n) is 6.33. The van der Waals surface area contributed by atoms with Gasteiger partial charge in [-0.3, -0.25) is 9.59 Å². The second-order valence-corrected chi connectivity index (χ2v) is 11.2. The lowest BCUT2D eigenvalue weighted by molar-refractivity contribution is -0.127. The topological polar surface area (TPSA) is 87.7 Å². The molecule has 3 aliphatic carbocycles. The van der Waals surface area contributed by atoms with Crippen LogP contribution < -0.4 is 10.6 Å². The number of amides is 2. The number of halogens is 4. The van der Waals surface area contributed by atoms with Crippen molar-refractivity contribution in [1.82, 2.24) is 10.6 Å². The van der Waals surface area contributed by atoms with Crippen LogP contribution in [0.3, 0.4) is 0 Å². The molecule has 3 saturated carbocycles. The molecule has 2 bridgehead atoms. The zero-order valence-corrected chi connectivity index (χ0v) is 21.2. The van der Waals surface area contributed by atoms with Crippen molar-refractivity contribution in [3.05, 3.63) is 34.4 Å². The molecule has 0 aromatic heterocycles. The second-order valence-electron chi connectivity index (χ2n) is 10.8. The van der Waals surface area contributed by atoms with E-state index in [0.29, 0.717) is 12.8 Å². The molecule has 3 N–H and O–H groups in total. The van der Waals surface area contributed by atoms with Crippen LogP contribution in [0.1, 0.15) is 76.3 Å². The van der Waals surface area contributed by atoms with Crippen molar-refractivity contribution in [3.63, 3.8) is 0 Å². The Bertz CT molecular complexity index is 975. The van der Waals surface area contributed by atoms with E-state index in [9.17, 15) is 27.9 Å². The number of hydrogen-bond acceptors (Lipinski definition) is 4. The minimum absolute atomic E-state index is 0.115. The maximum atomic E-state index is 15.0. The zero-order valence-electron chi connectivity index (χ0n) is 20.4. The number of aliphatic hydroxyl groups is 1. The number of hydrogen-bond donors (Lipinski definition) is 3. The third-order valence-electron chi connectivity index (χ3n) is 8.19. The molecular weight excluding hydrogens is 497 g/mol. The zero-order chi connectivity index (χ0) is 26.1. The van der Waals surface area contributed by atoms with Gasteiger partial charge in [0.2, 0.25) is 11.8 Å². The molecule has 0 spiro atoms. The van der Waals surface area contributed by atoms with E-state index in [4.69, 9.17) is 16.3 Å². The molecule has 6 nitrogen and oxygen atoms in total. The van der Waals surface area contributed by atoms with Crippen LogP contribution in [0.5, 0.6) is 0 Å². The molecule has 0 radical (unpaired) electrons. The standard InChI is InChI=1S/C22H26ClF3N2O3.C4H8O/c1-11(29)27-15-8-12(9-16(15)30)20(31)28-19(17-14(24)3-2-13(23)18(17)25)21-4-6-22(26,10-21)7-5-21;1-2-4-5-3-1/h2-3,12,15-16,19,30H,4-10H2,1H3,(H,27,29)(H,28,31);1-4H2/t12-,15?,16?,19?,21?,22?;/m1./s1. The number of carbonyl (C=O) groups excluding carboxylic acids is 2. The summed E-state index contributed by atoms with van der Waals surface area (Å²) in [5.74, 6) is -3.23. The summed E-state index contributed by atoms with van der Waals surface area (Å²) in [6.45, 7) is 3.32. The largest absolute Gasteiger partial charge is 0.391 e. The predicted molar refractivity (Wildman–Crippen MR) is 128 cm³/mol. The third kappa shape index (κ3) is 5.68. The fourth-order valence-corrected chi connectivity index (χ4v) is 6.49. The van der Waals surface area contributed by atoms with Gasteiger partial charge in [0.05, 0.1) is 23.2 Å². The van der Waals surface area contributed by atoms with Crippen LogP contribution in [-0.4, -0.2) is 47.9 Å². The molecule has 3 unspecified atom stereocenters. The molecule has 1 heterocycles. The van der Waals surface area contributed by atoms with Crippen molar-refractivity contribution in [1.29, 1.82) is 0 Å². The smallest absolute Gasteiger partial charge is 0.223 e. The van der Waals surface area contributed by atoms with Crippen LogP contribution in [0, 0.1) is 23.0 Å². The molecule has 200 valence electrons. The molecule has 4 fully saturated rings. The maximum absolute atomic E-state index is 15.0. The summed E-state index contributed by atoms with van der Waals surface area (Å²) in [6, 6.07) is 0.520. The van der Waals surface area contributed by atoms with Gasteiger partial charge < -0.3 is 20.5 Å². The average molecular weight is 531 g/mol. The summed E-state index contributed by atoms with van der Waals surface area (Å²) in [4.78, 5) is 24.4. The van der Waals surface area contributed by atoms with Gasteiger partial charge in [-0.15, -0.1) is 0 Å². The Labute approximate surface area is 214 Å². The van der Waals surface area contributed by atoms with E-state index < -0.39 is 52.7 Å². The minimum Gasteiger partial charge on any atom is -0.391 e. The second kappa shape index (κ2) is 10.9. The molecule has 4 atom stereocenters. The summed E-state index contributed by atoms with van der Waals surface area (Å²) in [6.07, 6.45) is 3.49. The highest BCUT2D eigenvalue weighted by molar-refractivity contribution is 6.30. The summed E-state index contributed by atoms with van der Waals surface area (Å²) < 4.78 is 49.7. The monoisotopic (exact) mass is 530 g/mol. The van der Waals surface area contributed by atoms with E-state index in [2.05, 4.69) is 10.6 Å². The van der Waals surface area contributed by atoms with Gasteiger partial charge in [-0.1, -0.05) is 11.6 Å². The Morgan fingerprint density at radius 3 is 2.33 bits per heavy atom. The summed E-state index contributed by atoms with van der Waals surface area (Å²) in [5, 5.41) is 15.3. The van der Waals surface area contributed by atoms with Crippen LogP contribution in [-0.2, 0) is 14.3 Å². The molecule has 1 saturated heterocycles. The number of fused-ring (bicyclic) bond motifs is 2. The van der Waals surface area contributed by atoms with Gasteiger partial charge in [-0.2, -0.15) is 0 Å². The minimum atomic E-state index is -1.38. The molecule has 1 aromatic carbocycles. The van der Waals surface area contributed by atoms with Gasteiger partial charge in [-0.25, -0.2) is 13.2 Å². The predicted octanol–water partition coefficient (Wildman–Crippen LogP) is 4.52. The number of nitrogens with one attached hydrogen (secondary N) is 2. The molecule has 1 aliphatic heterocycles. The highest BCUT2D eigenvalue weighted by atomic mass is 35.5. The van der Waals surface area contributed by atoms with Crippen LogP contribution >= 0.6 is 11.6 Å². The van der Waals surface area contributed by atoms with Crippen LogP contribution in [0.4, 0.5) is 13.2 Å². The first-order chi connectivity index (χ1) is 17.0. The Morgan fingerprint density at radius 1 is 1.14 bits per heavy atom. The number of carbonyl (C=O) groups is 2. The summed E-state index contributed by atoms with van der Waals surface area (Å²) in [7, 11) is 0. The van der Waals surface area contributed by atoms with Crippen molar-refractivity contribution in [2.75, 3.05) is 13.2 Å². The molecule has 36 heavy (non-hydrogen) atoms. The number of rotatable bonds is 5. The Hall–Kier alpha value is -1.84. The van der Waals surface area contributed by atoms with Gasteiger partial charge in [0.15, 0.2) is 0 Å². The van der Waals surface area contributed by atoms with E-state index in [1.54, 1.807) is 0 Å². The van der Waals surface area contributed by atoms with Crippen molar-refractivity contribution in [2.45, 2.75) is 88.6 Å². The van der Waals surface area contributed by atoms with E-state index >= 15 is 0 Å². The number of benzene rings is 1. The van der Waals surface area contributed by atoms with Gasteiger partial charge in [-0.05, 0) is 75.3 Å². The Kier molecular flexibility index (Phi) is 8.22. The lowest BCUT2D eigenvalue weighted by atomic mass is 9.74. The van der Waals surface area contributed by atoms with E-state index in [-0.39, 0.29) is 48.6 Å². The first-order valence-corrected chi connectivity index (χ1v) is 13.1. The van der Waals surface area contributed by atoms with Gasteiger partial charge in [0, 0.05) is 31.6 Å². The van der Waals surface area contributed by atoms with Crippen molar-refractivity contribution >= 4 is 23.4 Å². The SMILES string of the molecule is C1CCOC1.CC(=O)NC1C[C@@H](C(=O)NC(c2c(F)ccc(Cl)c2F)C23CCC(F)(CC2)C3)CC1O. The number of aliphatic hydroxyl groups excluding tert-OH is 1. The quantitative estimate of drug-likeness (QED) is 0.488. The van der Waals surface area contributed by atoms with Crippen LogP contribution in [0.2, 0.25) is 5.02 Å². The highest BCUT2D eigenvalue weighted by Gasteiger charge is 2.59. The van der Waals surface area contributed by atoms with Crippen LogP contribution in [0.15, 0.2) is 12.1 Å². The number of alkyl halides is 1. The van der Waals surface area contributed by atoms with Crippen LogP contribution in [0.25, 0.3) is 0 Å². The number of ether oxygens (including phenoxy) is 1. The van der Waals surface area contributed by atoms with E-state index in [1.165, 1.54) is 19.8 Å². The molecule has 5 rings (SSSR count). The Balaban J connectivity index is 0.000000543. The average Bonchev–Trinajstić information content (AvgIpc) is 3.62. The molecule has 2 amide bonds. The lowest BCUT2D eigenvalue weighted by Gasteiger charge is -2.37. The van der Waals surface area contributed by atoms with Gasteiger partial charge >= 0.3 is 0 Å². The summed E-state index contributed by atoms with van der Waals surface area (Å²) in [5.41, 5.74) is -2.52.